The van der Waals surface area contributed by atoms with Gasteiger partial charge in [-0.2, -0.15) is 5.10 Å². The minimum Gasteiger partial charge on any atom is -0.386 e. The van der Waals surface area contributed by atoms with E-state index in [-0.39, 0.29) is 0 Å². The number of hydrogen-bond acceptors (Lipinski definition) is 2. The minimum atomic E-state index is -0.669. The highest BCUT2D eigenvalue weighted by molar-refractivity contribution is 9.10. The van der Waals surface area contributed by atoms with E-state index in [1.165, 1.54) is 0 Å². The van der Waals surface area contributed by atoms with Gasteiger partial charge in [0.05, 0.1) is 16.4 Å². The molecule has 0 bridgehead atoms. The van der Waals surface area contributed by atoms with Gasteiger partial charge >= 0.3 is 0 Å². The van der Waals surface area contributed by atoms with Gasteiger partial charge in [0.1, 0.15) is 6.10 Å². The molecule has 0 saturated heterocycles. The number of benzene rings is 1. The highest BCUT2D eigenvalue weighted by atomic mass is 79.9. The molecular formula is C14H15BrCl2N2O. The normalized spacial score (nSPS) is 12.7. The fourth-order valence-electron chi connectivity index (χ4n) is 2.09. The number of rotatable bonds is 5. The Morgan fingerprint density at radius 3 is 2.80 bits per heavy atom. The summed E-state index contributed by atoms with van der Waals surface area (Å²) in [6, 6.07) is 5.29. The second-order valence-corrected chi connectivity index (χ2v) is 6.25. The van der Waals surface area contributed by atoms with Gasteiger partial charge in [-0.3, -0.25) is 4.68 Å². The molecule has 1 aromatic carbocycles. The Balaban J connectivity index is 2.23. The molecule has 0 aliphatic rings. The highest BCUT2D eigenvalue weighted by Crippen LogP contribution is 2.29. The van der Waals surface area contributed by atoms with Gasteiger partial charge in [0.25, 0.3) is 0 Å². The first kappa shape index (κ1) is 15.8. The zero-order valence-electron chi connectivity index (χ0n) is 11.0. The van der Waals surface area contributed by atoms with Gasteiger partial charge in [-0.25, -0.2) is 0 Å². The molecule has 108 valence electrons. The third-order valence-corrected chi connectivity index (χ3v) is 4.21. The smallest absolute Gasteiger partial charge is 0.101 e. The van der Waals surface area contributed by atoms with E-state index >= 15 is 0 Å². The summed E-state index contributed by atoms with van der Waals surface area (Å²) in [5, 5.41) is 15.9. The number of hydrogen-bond donors (Lipinski definition) is 1. The summed E-state index contributed by atoms with van der Waals surface area (Å²) < 4.78 is 2.63. The van der Waals surface area contributed by atoms with Gasteiger partial charge in [0.15, 0.2) is 0 Å². The largest absolute Gasteiger partial charge is 0.386 e. The standard InChI is InChI=1S/C14H15BrCl2N2O/c1-2-5-19-14(11(15)8-18-19)13(20)6-9-3-4-10(16)7-12(9)17/h3-4,7-8,13,20H,2,5-6H2,1H3. The van der Waals surface area contributed by atoms with Crippen molar-refractivity contribution in [1.29, 1.82) is 0 Å². The van der Waals surface area contributed by atoms with E-state index in [1.807, 2.05) is 10.7 Å². The van der Waals surface area contributed by atoms with Gasteiger partial charge in [-0.05, 0) is 40.0 Å². The highest BCUT2D eigenvalue weighted by Gasteiger charge is 2.19. The fraction of sp³-hybridized carbons (Fsp3) is 0.357. The second kappa shape index (κ2) is 6.94. The monoisotopic (exact) mass is 376 g/mol. The van der Waals surface area contributed by atoms with E-state index in [0.717, 1.165) is 28.7 Å². The van der Waals surface area contributed by atoms with E-state index in [0.29, 0.717) is 16.5 Å². The number of halogens is 3. The van der Waals surface area contributed by atoms with Crippen LogP contribution in [-0.2, 0) is 13.0 Å². The van der Waals surface area contributed by atoms with Crippen molar-refractivity contribution in [2.45, 2.75) is 32.4 Å². The van der Waals surface area contributed by atoms with Crippen LogP contribution in [0.4, 0.5) is 0 Å². The van der Waals surface area contributed by atoms with Gasteiger partial charge in [0.2, 0.25) is 0 Å². The van der Waals surface area contributed by atoms with Crippen LogP contribution in [0.2, 0.25) is 10.0 Å². The first-order valence-corrected chi connectivity index (χ1v) is 7.91. The summed E-state index contributed by atoms with van der Waals surface area (Å²) in [6.45, 7) is 2.84. The summed E-state index contributed by atoms with van der Waals surface area (Å²) in [5.41, 5.74) is 1.64. The van der Waals surface area contributed by atoms with Crippen LogP contribution >= 0.6 is 39.1 Å². The summed E-state index contributed by atoms with van der Waals surface area (Å²) in [4.78, 5) is 0. The Hall–Kier alpha value is -0.550. The zero-order chi connectivity index (χ0) is 14.7. The van der Waals surface area contributed by atoms with E-state index in [1.54, 1.807) is 18.3 Å². The fourth-order valence-corrected chi connectivity index (χ4v) is 3.13. The van der Waals surface area contributed by atoms with Gasteiger partial charge in [-0.15, -0.1) is 0 Å². The first-order chi connectivity index (χ1) is 9.52. The van der Waals surface area contributed by atoms with Crippen molar-refractivity contribution in [3.05, 3.63) is 50.2 Å². The Labute approximate surface area is 136 Å². The van der Waals surface area contributed by atoms with Crippen molar-refractivity contribution in [3.63, 3.8) is 0 Å². The molecule has 1 aromatic heterocycles. The number of aliphatic hydroxyl groups is 1. The maximum absolute atomic E-state index is 10.5. The Bertz CT molecular complexity index is 601. The molecule has 3 nitrogen and oxygen atoms in total. The molecule has 2 rings (SSSR count). The van der Waals surface area contributed by atoms with Crippen molar-refractivity contribution in [2.75, 3.05) is 0 Å². The lowest BCUT2D eigenvalue weighted by atomic mass is 10.1. The molecule has 0 saturated carbocycles. The number of aromatic nitrogens is 2. The van der Waals surface area contributed by atoms with Gasteiger partial charge < -0.3 is 5.11 Å². The Morgan fingerprint density at radius 1 is 1.40 bits per heavy atom. The second-order valence-electron chi connectivity index (χ2n) is 4.56. The molecule has 0 aliphatic carbocycles. The molecular weight excluding hydrogens is 363 g/mol. The van der Waals surface area contributed by atoms with Crippen molar-refractivity contribution >= 4 is 39.1 Å². The van der Waals surface area contributed by atoms with Crippen LogP contribution in [-0.4, -0.2) is 14.9 Å². The SMILES string of the molecule is CCCn1ncc(Br)c1C(O)Cc1ccc(Cl)cc1Cl. The van der Waals surface area contributed by atoms with Crippen molar-refractivity contribution in [2.24, 2.45) is 0 Å². The maximum Gasteiger partial charge on any atom is 0.101 e. The van der Waals surface area contributed by atoms with E-state index < -0.39 is 6.10 Å². The lowest BCUT2D eigenvalue weighted by molar-refractivity contribution is 0.166. The lowest BCUT2D eigenvalue weighted by Crippen LogP contribution is -2.11. The quantitative estimate of drug-likeness (QED) is 0.824. The molecule has 0 aliphatic heterocycles. The number of nitrogens with zero attached hydrogens (tertiary/aromatic N) is 2. The molecule has 2 aromatic rings. The summed E-state index contributed by atoms with van der Waals surface area (Å²) >= 11 is 15.5. The molecule has 0 fully saturated rings. The van der Waals surface area contributed by atoms with Crippen molar-refractivity contribution in [1.82, 2.24) is 9.78 Å². The van der Waals surface area contributed by atoms with Crippen LogP contribution in [0, 0.1) is 0 Å². The molecule has 1 unspecified atom stereocenters. The van der Waals surface area contributed by atoms with Crippen LogP contribution in [0.25, 0.3) is 0 Å². The maximum atomic E-state index is 10.5. The third kappa shape index (κ3) is 3.55. The van der Waals surface area contributed by atoms with Crippen molar-refractivity contribution in [3.8, 4) is 0 Å². The topological polar surface area (TPSA) is 38.0 Å². The molecule has 6 heteroatoms. The zero-order valence-corrected chi connectivity index (χ0v) is 14.1. The average molecular weight is 378 g/mol. The predicted octanol–water partition coefficient (Wildman–Crippen LogP) is 4.64. The number of aryl methyl sites for hydroxylation is 1. The van der Waals surface area contributed by atoms with Crippen molar-refractivity contribution < 1.29 is 5.11 Å². The van der Waals surface area contributed by atoms with Gasteiger partial charge in [-0.1, -0.05) is 36.2 Å². The van der Waals surface area contributed by atoms with Crippen LogP contribution < -0.4 is 0 Å². The van der Waals surface area contributed by atoms with E-state index in [4.69, 9.17) is 23.2 Å². The molecule has 1 N–H and O–H groups in total. The summed E-state index contributed by atoms with van der Waals surface area (Å²) in [6.07, 6.45) is 2.41. The molecule has 1 atom stereocenters. The molecule has 20 heavy (non-hydrogen) atoms. The van der Waals surface area contributed by atoms with Crippen LogP contribution in [0.5, 0.6) is 0 Å². The first-order valence-electron chi connectivity index (χ1n) is 6.36. The van der Waals surface area contributed by atoms with Crippen LogP contribution in [0.3, 0.4) is 0 Å². The minimum absolute atomic E-state index is 0.421. The predicted molar refractivity (Wildman–Crippen MR) is 85.3 cm³/mol. The summed E-state index contributed by atoms with van der Waals surface area (Å²) in [5.74, 6) is 0. The van der Waals surface area contributed by atoms with Crippen LogP contribution in [0.1, 0.15) is 30.7 Å². The van der Waals surface area contributed by atoms with Gasteiger partial charge in [0, 0.05) is 23.0 Å². The third-order valence-electron chi connectivity index (χ3n) is 3.01. The molecule has 0 amide bonds. The summed E-state index contributed by atoms with van der Waals surface area (Å²) in [7, 11) is 0. The average Bonchev–Trinajstić information content (AvgIpc) is 2.74. The Kier molecular flexibility index (Phi) is 5.49. The van der Waals surface area contributed by atoms with Crippen LogP contribution in [0.15, 0.2) is 28.9 Å². The lowest BCUT2D eigenvalue weighted by Gasteiger charge is -2.15. The van der Waals surface area contributed by atoms with E-state index in [2.05, 4.69) is 28.0 Å². The number of aliphatic hydroxyl groups excluding tert-OH is 1. The molecule has 0 radical (unpaired) electrons. The molecule has 1 heterocycles. The van der Waals surface area contributed by atoms with E-state index in [9.17, 15) is 5.11 Å². The molecule has 0 spiro atoms. The Morgan fingerprint density at radius 2 is 2.15 bits per heavy atom.